The predicted molar refractivity (Wildman–Crippen MR) is 121 cm³/mol. The van der Waals surface area contributed by atoms with Gasteiger partial charge in [-0.1, -0.05) is 44.9 Å². The van der Waals surface area contributed by atoms with Crippen LogP contribution in [-0.2, 0) is 20.1 Å². The summed E-state index contributed by atoms with van der Waals surface area (Å²) in [6.45, 7) is 5.74. The number of aromatic nitrogens is 1. The molecule has 0 N–H and O–H groups in total. The van der Waals surface area contributed by atoms with E-state index in [1.165, 1.54) is 0 Å². The minimum Gasteiger partial charge on any atom is -0.490 e. The van der Waals surface area contributed by atoms with E-state index in [1.54, 1.807) is 6.20 Å². The normalized spacial score (nSPS) is 9.93. The molecule has 0 saturated heterocycles. The maximum absolute atomic E-state index is 6.04. The van der Waals surface area contributed by atoms with Crippen LogP contribution in [0.5, 0.6) is 11.5 Å². The molecule has 0 fully saturated rings. The number of hydrogen-bond donors (Lipinski definition) is 0. The fourth-order valence-corrected chi connectivity index (χ4v) is 2.89. The monoisotopic (exact) mass is 582 g/mol. The Morgan fingerprint density at radius 1 is 0.833 bits per heavy atom. The second-order valence-corrected chi connectivity index (χ2v) is 6.77. The molecular formula is C26H31IrNO2-2. The molecule has 3 nitrogen and oxygen atoms in total. The number of unbranched alkanes of at least 4 members (excludes halogenated alkanes) is 2. The Morgan fingerprint density at radius 2 is 1.53 bits per heavy atom. The van der Waals surface area contributed by atoms with Crippen LogP contribution in [0, 0.1) is 13.5 Å². The summed E-state index contributed by atoms with van der Waals surface area (Å²) in [5.74, 6) is 1.63. The maximum atomic E-state index is 6.04. The molecule has 0 unspecified atom stereocenters. The van der Waals surface area contributed by atoms with Crippen LogP contribution in [0.2, 0.25) is 0 Å². The van der Waals surface area contributed by atoms with Crippen LogP contribution in [0.3, 0.4) is 0 Å². The molecular weight excluding hydrogens is 551 g/mol. The van der Waals surface area contributed by atoms with Gasteiger partial charge in [0.05, 0.1) is 13.2 Å². The Morgan fingerprint density at radius 3 is 2.20 bits per heavy atom. The Hall–Kier alpha value is -2.16. The van der Waals surface area contributed by atoms with E-state index in [9.17, 15) is 0 Å². The van der Waals surface area contributed by atoms with E-state index >= 15 is 0 Å². The van der Waals surface area contributed by atoms with Crippen molar-refractivity contribution in [3.05, 3.63) is 74.3 Å². The number of rotatable bonds is 10. The first kappa shape index (κ1) is 25.9. The second kappa shape index (κ2) is 14.0. The zero-order valence-corrected chi connectivity index (χ0v) is 20.5. The van der Waals surface area contributed by atoms with Crippen LogP contribution in [0.25, 0.3) is 22.4 Å². The van der Waals surface area contributed by atoms with Crippen molar-refractivity contribution in [1.82, 2.24) is 4.98 Å². The molecule has 1 radical (unpaired) electrons. The Balaban J connectivity index is 0.00000225. The molecule has 0 bridgehead atoms. The van der Waals surface area contributed by atoms with Gasteiger partial charge in [-0.2, -0.15) is 0 Å². The van der Waals surface area contributed by atoms with E-state index in [0.717, 1.165) is 59.6 Å². The third kappa shape index (κ3) is 7.27. The number of ether oxygens (including phenoxy) is 2. The first-order chi connectivity index (χ1) is 13.8. The number of nitrogens with zero attached hydrogens (tertiary/aromatic N) is 1. The molecule has 3 aromatic rings. The predicted octanol–water partition coefficient (Wildman–Crippen LogP) is 7.02. The summed E-state index contributed by atoms with van der Waals surface area (Å²) in [5.41, 5.74) is 4.11. The van der Waals surface area contributed by atoms with Gasteiger partial charge in [-0.15, -0.1) is 35.4 Å². The van der Waals surface area contributed by atoms with Crippen LogP contribution < -0.4 is 9.47 Å². The van der Waals surface area contributed by atoms with Crippen molar-refractivity contribution in [2.75, 3.05) is 13.2 Å². The van der Waals surface area contributed by atoms with Crippen LogP contribution in [0.15, 0.2) is 60.8 Å². The molecule has 0 atom stereocenters. The molecule has 163 valence electrons. The van der Waals surface area contributed by atoms with E-state index < -0.39 is 0 Å². The topological polar surface area (TPSA) is 31.4 Å². The summed E-state index contributed by atoms with van der Waals surface area (Å²) in [5, 5.41) is 0. The fraction of sp³-hybridized carbons (Fsp3) is 0.308. The Bertz CT molecular complexity index is 868. The van der Waals surface area contributed by atoms with Gasteiger partial charge in [-0.3, -0.25) is 0 Å². The third-order valence-electron chi connectivity index (χ3n) is 4.53. The van der Waals surface area contributed by atoms with Crippen LogP contribution >= 0.6 is 0 Å². The molecule has 3 rings (SSSR count). The maximum Gasteiger partial charge on any atom is 0.161 e. The van der Waals surface area contributed by atoms with Gasteiger partial charge in [-0.05, 0) is 42.3 Å². The third-order valence-corrected chi connectivity index (χ3v) is 4.53. The molecule has 0 aliphatic carbocycles. The first-order valence-electron chi connectivity index (χ1n) is 10.1. The number of benzene rings is 2. The Kier molecular flexibility index (Phi) is 12.0. The van der Waals surface area contributed by atoms with Crippen molar-refractivity contribution in [3.63, 3.8) is 0 Å². The summed E-state index contributed by atoms with van der Waals surface area (Å²) in [7, 11) is 0. The standard InChI is InChI=1S/C25H28NO2.CH3.Ir/c1-3-5-16-27-24-14-13-21(19-25(24)28-17-6-4-2)20-10-9-11-22(18-20)23-12-7-8-15-26-23;;/h7-10,12-15,18-19H,3-6,16-17H2,1-2H3;1H3;/q2*-1;. The summed E-state index contributed by atoms with van der Waals surface area (Å²) in [4.78, 5) is 4.43. The van der Waals surface area contributed by atoms with Crippen molar-refractivity contribution >= 4 is 0 Å². The van der Waals surface area contributed by atoms with Crippen LogP contribution in [-0.4, -0.2) is 18.2 Å². The van der Waals surface area contributed by atoms with E-state index in [1.807, 2.05) is 30.3 Å². The average Bonchev–Trinajstić information content (AvgIpc) is 2.75. The van der Waals surface area contributed by atoms with Crippen molar-refractivity contribution in [3.8, 4) is 33.9 Å². The molecule has 1 heterocycles. The van der Waals surface area contributed by atoms with Gasteiger partial charge in [0.2, 0.25) is 0 Å². The van der Waals surface area contributed by atoms with Gasteiger partial charge >= 0.3 is 0 Å². The minimum absolute atomic E-state index is 0. The zero-order chi connectivity index (χ0) is 19.6. The summed E-state index contributed by atoms with van der Waals surface area (Å²) in [6.07, 6.45) is 6.09. The average molecular weight is 582 g/mol. The SMILES string of the molecule is CCCCOc1ccc(-c2cc[c-]c(-c3ccccn3)c2)cc1OCCCC.[CH3-].[Ir]. The van der Waals surface area contributed by atoms with Crippen molar-refractivity contribution in [2.24, 2.45) is 0 Å². The van der Waals surface area contributed by atoms with Crippen LogP contribution in [0.1, 0.15) is 39.5 Å². The summed E-state index contributed by atoms with van der Waals surface area (Å²) < 4.78 is 12.0. The molecule has 30 heavy (non-hydrogen) atoms. The molecule has 1 aromatic heterocycles. The van der Waals surface area contributed by atoms with Gasteiger partial charge in [0.1, 0.15) is 0 Å². The minimum atomic E-state index is 0. The van der Waals surface area contributed by atoms with E-state index in [0.29, 0.717) is 13.2 Å². The Labute approximate surface area is 195 Å². The molecule has 0 amide bonds. The van der Waals surface area contributed by atoms with Gasteiger partial charge in [0.25, 0.3) is 0 Å². The van der Waals surface area contributed by atoms with E-state index in [2.05, 4.69) is 49.2 Å². The molecule has 4 heteroatoms. The van der Waals surface area contributed by atoms with E-state index in [4.69, 9.17) is 9.47 Å². The van der Waals surface area contributed by atoms with Crippen LogP contribution in [0.4, 0.5) is 0 Å². The van der Waals surface area contributed by atoms with Gasteiger partial charge in [0.15, 0.2) is 11.5 Å². The quantitative estimate of drug-likeness (QED) is 0.191. The van der Waals surface area contributed by atoms with Crippen molar-refractivity contribution in [2.45, 2.75) is 39.5 Å². The second-order valence-electron chi connectivity index (χ2n) is 6.77. The molecule has 0 spiro atoms. The summed E-state index contributed by atoms with van der Waals surface area (Å²) >= 11 is 0. The van der Waals surface area contributed by atoms with Crippen molar-refractivity contribution in [1.29, 1.82) is 0 Å². The van der Waals surface area contributed by atoms with Gasteiger partial charge < -0.3 is 21.9 Å². The molecule has 0 saturated carbocycles. The molecule has 0 aliphatic heterocycles. The van der Waals surface area contributed by atoms with Gasteiger partial charge in [-0.25, -0.2) is 0 Å². The zero-order valence-electron chi connectivity index (χ0n) is 18.1. The summed E-state index contributed by atoms with van der Waals surface area (Å²) in [6, 6.07) is 21.5. The number of hydrogen-bond acceptors (Lipinski definition) is 3. The number of pyridine rings is 1. The first-order valence-corrected chi connectivity index (χ1v) is 10.1. The molecule has 2 aromatic carbocycles. The molecule has 0 aliphatic rings. The van der Waals surface area contributed by atoms with Crippen molar-refractivity contribution < 1.29 is 29.6 Å². The smallest absolute Gasteiger partial charge is 0.161 e. The van der Waals surface area contributed by atoms with Gasteiger partial charge in [0, 0.05) is 26.3 Å². The largest absolute Gasteiger partial charge is 0.490 e. The van der Waals surface area contributed by atoms with E-state index in [-0.39, 0.29) is 27.5 Å². The fourth-order valence-electron chi connectivity index (χ4n) is 2.89.